The van der Waals surface area contributed by atoms with Gasteiger partial charge in [0.15, 0.2) is 5.78 Å². The highest BCUT2D eigenvalue weighted by Crippen LogP contribution is 2.25. The molecular weight excluding hydrogens is 486 g/mol. The molecule has 3 aromatic rings. The van der Waals surface area contributed by atoms with Crippen molar-refractivity contribution >= 4 is 35.0 Å². The number of piperazine rings is 1. The van der Waals surface area contributed by atoms with Crippen molar-refractivity contribution in [1.29, 1.82) is 0 Å². The topological polar surface area (TPSA) is 95.5 Å². The van der Waals surface area contributed by atoms with E-state index in [1.165, 1.54) is 16.7 Å². The fraction of sp³-hybridized carbons (Fsp3) is 0.357. The van der Waals surface area contributed by atoms with E-state index in [1.54, 1.807) is 11.3 Å². The molecule has 1 aliphatic heterocycles. The van der Waals surface area contributed by atoms with Crippen molar-refractivity contribution in [3.63, 3.8) is 0 Å². The summed E-state index contributed by atoms with van der Waals surface area (Å²) in [5.41, 5.74) is 6.71. The van der Waals surface area contributed by atoms with Crippen molar-refractivity contribution in [3.05, 3.63) is 80.6 Å². The first-order chi connectivity index (χ1) is 17.9. The fourth-order valence-electron chi connectivity index (χ4n) is 4.47. The average molecular weight is 518 g/mol. The molecule has 37 heavy (non-hydrogen) atoms. The number of aromatic nitrogens is 2. The normalized spacial score (nSPS) is 15.2. The molecule has 5 rings (SSSR count). The van der Waals surface area contributed by atoms with Crippen LogP contribution in [0.2, 0.25) is 0 Å². The van der Waals surface area contributed by atoms with Crippen LogP contribution in [-0.2, 0) is 35.5 Å². The number of anilines is 1. The molecule has 0 bridgehead atoms. The molecule has 1 N–H and O–H groups in total. The lowest BCUT2D eigenvalue weighted by Crippen LogP contribution is -2.43. The van der Waals surface area contributed by atoms with Gasteiger partial charge >= 0.3 is 6.15 Å². The number of ketones is 1. The number of hydrogen-bond donors (Lipinski definition) is 1. The van der Waals surface area contributed by atoms with Gasteiger partial charge in [-0.25, -0.2) is 4.98 Å². The van der Waals surface area contributed by atoms with Crippen LogP contribution in [0.1, 0.15) is 44.0 Å². The van der Waals surface area contributed by atoms with Crippen molar-refractivity contribution in [3.8, 4) is 0 Å². The van der Waals surface area contributed by atoms with Gasteiger partial charge in [-0.1, -0.05) is 35.9 Å². The van der Waals surface area contributed by atoms with Crippen LogP contribution in [0.15, 0.2) is 48.3 Å². The van der Waals surface area contributed by atoms with E-state index in [-0.39, 0.29) is 11.9 Å². The first-order valence-electron chi connectivity index (χ1n) is 12.3. The summed E-state index contributed by atoms with van der Waals surface area (Å²) in [6, 6.07) is 10.3. The van der Waals surface area contributed by atoms with Gasteiger partial charge in [0.1, 0.15) is 5.01 Å². The van der Waals surface area contributed by atoms with Crippen molar-refractivity contribution in [1.82, 2.24) is 19.8 Å². The SMILES string of the molecule is CC1=Cc2cc(NCc3ncc(CC(=O)c4ccc(CN5CCN(C)CC5)cc4)s3)cnc2C1.O=C=O. The van der Waals surface area contributed by atoms with Gasteiger partial charge in [-0.3, -0.25) is 14.7 Å². The van der Waals surface area contributed by atoms with Crippen molar-refractivity contribution < 1.29 is 14.4 Å². The Morgan fingerprint density at radius 1 is 1.08 bits per heavy atom. The number of likely N-dealkylation sites (N-methyl/N-ethyl adjacent to an activating group) is 1. The molecule has 192 valence electrons. The van der Waals surface area contributed by atoms with E-state index in [1.807, 2.05) is 24.5 Å². The Balaban J connectivity index is 0.00000102. The molecule has 8 nitrogen and oxygen atoms in total. The van der Waals surface area contributed by atoms with Crippen molar-refractivity contribution in [2.24, 2.45) is 0 Å². The molecule has 0 amide bonds. The summed E-state index contributed by atoms with van der Waals surface area (Å²) >= 11 is 1.59. The molecule has 1 aliphatic carbocycles. The molecule has 0 radical (unpaired) electrons. The van der Waals surface area contributed by atoms with Crippen LogP contribution in [0.25, 0.3) is 6.08 Å². The summed E-state index contributed by atoms with van der Waals surface area (Å²) in [4.78, 5) is 44.0. The molecule has 2 aromatic heterocycles. The summed E-state index contributed by atoms with van der Waals surface area (Å²) in [6.45, 7) is 8.13. The van der Waals surface area contributed by atoms with E-state index in [4.69, 9.17) is 9.59 Å². The molecule has 1 aromatic carbocycles. The lowest BCUT2D eigenvalue weighted by Gasteiger charge is -2.32. The number of allylic oxidation sites excluding steroid dienone is 1. The minimum atomic E-state index is 0.138. The molecule has 0 atom stereocenters. The summed E-state index contributed by atoms with van der Waals surface area (Å²) in [5.74, 6) is 0.138. The summed E-state index contributed by atoms with van der Waals surface area (Å²) < 4.78 is 0. The monoisotopic (exact) mass is 517 g/mol. The predicted octanol–water partition coefficient (Wildman–Crippen LogP) is 3.70. The number of nitrogens with zero attached hydrogens (tertiary/aromatic N) is 4. The summed E-state index contributed by atoms with van der Waals surface area (Å²) in [6.07, 6.45) is 7.49. The predicted molar refractivity (Wildman–Crippen MR) is 143 cm³/mol. The average Bonchev–Trinajstić information content (AvgIpc) is 3.49. The second kappa shape index (κ2) is 12.7. The molecule has 1 saturated heterocycles. The maximum absolute atomic E-state index is 12.8. The van der Waals surface area contributed by atoms with Gasteiger partial charge in [-0.15, -0.1) is 11.3 Å². The van der Waals surface area contributed by atoms with E-state index in [0.717, 1.165) is 66.0 Å². The van der Waals surface area contributed by atoms with Gasteiger partial charge < -0.3 is 10.2 Å². The summed E-state index contributed by atoms with van der Waals surface area (Å²) in [5, 5.41) is 4.38. The number of nitrogens with one attached hydrogen (secondary N) is 1. The number of pyridine rings is 1. The minimum Gasteiger partial charge on any atom is -0.377 e. The Labute approximate surface area is 221 Å². The van der Waals surface area contributed by atoms with Gasteiger partial charge in [-0.05, 0) is 31.2 Å². The zero-order chi connectivity index (χ0) is 26.2. The third-order valence-corrected chi connectivity index (χ3v) is 7.51. The van der Waals surface area contributed by atoms with Crippen LogP contribution in [0, 0.1) is 0 Å². The first-order valence-corrected chi connectivity index (χ1v) is 13.1. The van der Waals surface area contributed by atoms with E-state index in [9.17, 15) is 4.79 Å². The highest BCUT2D eigenvalue weighted by atomic mass is 32.1. The van der Waals surface area contributed by atoms with Crippen LogP contribution in [0.4, 0.5) is 5.69 Å². The van der Waals surface area contributed by atoms with Crippen molar-refractivity contribution in [2.45, 2.75) is 32.9 Å². The van der Waals surface area contributed by atoms with E-state index < -0.39 is 0 Å². The number of Topliss-reactive ketones (excluding diaryl/α,β-unsaturated/α-hetero) is 1. The Morgan fingerprint density at radius 2 is 1.81 bits per heavy atom. The number of benzene rings is 1. The van der Waals surface area contributed by atoms with Gasteiger partial charge in [-0.2, -0.15) is 9.59 Å². The second-order valence-electron chi connectivity index (χ2n) is 9.46. The van der Waals surface area contributed by atoms with Gasteiger partial charge in [0.05, 0.1) is 24.1 Å². The number of rotatable bonds is 8. The highest BCUT2D eigenvalue weighted by molar-refractivity contribution is 7.11. The number of carbonyl (C=O) groups excluding carboxylic acids is 3. The molecule has 1 fully saturated rings. The molecule has 9 heteroatoms. The lowest BCUT2D eigenvalue weighted by molar-refractivity contribution is -0.191. The number of hydrogen-bond acceptors (Lipinski definition) is 9. The van der Waals surface area contributed by atoms with E-state index >= 15 is 0 Å². The molecule has 0 spiro atoms. The zero-order valence-corrected chi connectivity index (χ0v) is 22.0. The largest absolute Gasteiger partial charge is 0.377 e. The maximum atomic E-state index is 12.8. The highest BCUT2D eigenvalue weighted by Gasteiger charge is 2.15. The Morgan fingerprint density at radius 3 is 2.54 bits per heavy atom. The maximum Gasteiger partial charge on any atom is 0.373 e. The smallest absolute Gasteiger partial charge is 0.373 e. The summed E-state index contributed by atoms with van der Waals surface area (Å²) in [7, 11) is 2.17. The molecular formula is C28H31N5O3S. The fourth-order valence-corrected chi connectivity index (χ4v) is 5.33. The Hall–Kier alpha value is -3.49. The van der Waals surface area contributed by atoms with Crippen LogP contribution in [-0.4, -0.2) is 64.9 Å². The quantitative estimate of drug-likeness (QED) is 0.452. The van der Waals surface area contributed by atoms with Gasteiger partial charge in [0, 0.05) is 62.2 Å². The molecule has 3 heterocycles. The van der Waals surface area contributed by atoms with Crippen LogP contribution >= 0.6 is 11.3 Å². The first kappa shape index (κ1) is 26.6. The Kier molecular flexibility index (Phi) is 9.09. The zero-order valence-electron chi connectivity index (χ0n) is 21.2. The molecule has 0 saturated carbocycles. The number of carbonyl (C=O) groups is 1. The minimum absolute atomic E-state index is 0.138. The lowest BCUT2D eigenvalue weighted by atomic mass is 10.1. The number of thiazole rings is 1. The van der Waals surface area contributed by atoms with Crippen molar-refractivity contribution in [2.75, 3.05) is 38.5 Å². The standard InChI is InChI=1S/C27H31N5OS.CO2/c1-19-11-22-13-23(15-29-25(22)12-19)28-17-27-30-16-24(34-27)14-26(33)21-5-3-20(4-6-21)18-32-9-7-31(2)8-10-32;2-1-3/h3-6,11,13,15-16,28H,7-10,12,14,17-18H2,1-2H3;. The third kappa shape index (κ3) is 7.50. The number of fused-ring (bicyclic) bond motifs is 1. The Bertz CT molecular complexity index is 1290. The van der Waals surface area contributed by atoms with Gasteiger partial charge in [0.25, 0.3) is 0 Å². The van der Waals surface area contributed by atoms with Crippen LogP contribution in [0.3, 0.4) is 0 Å². The van der Waals surface area contributed by atoms with Crippen LogP contribution < -0.4 is 5.32 Å². The molecule has 0 unspecified atom stereocenters. The van der Waals surface area contributed by atoms with E-state index in [0.29, 0.717) is 13.0 Å². The van der Waals surface area contributed by atoms with Gasteiger partial charge in [0.2, 0.25) is 0 Å². The van der Waals surface area contributed by atoms with Crippen LogP contribution in [0.5, 0.6) is 0 Å². The van der Waals surface area contributed by atoms with E-state index in [2.05, 4.69) is 63.3 Å². The second-order valence-corrected chi connectivity index (χ2v) is 10.7. The molecule has 2 aliphatic rings. The third-order valence-electron chi connectivity index (χ3n) is 6.51.